The lowest BCUT2D eigenvalue weighted by molar-refractivity contribution is 0.0374. The number of rotatable bonds is 7. The number of aryl methyl sites for hydroxylation is 1. The van der Waals surface area contributed by atoms with Crippen LogP contribution in [0.25, 0.3) is 5.69 Å². The van der Waals surface area contributed by atoms with Crippen LogP contribution in [0.3, 0.4) is 0 Å². The number of hydrogen-bond donors (Lipinski definition) is 1. The van der Waals surface area contributed by atoms with Crippen molar-refractivity contribution in [1.29, 1.82) is 0 Å². The zero-order valence-electron chi connectivity index (χ0n) is 14.5. The van der Waals surface area contributed by atoms with Crippen LogP contribution in [0.15, 0.2) is 24.3 Å². The van der Waals surface area contributed by atoms with Crippen LogP contribution in [0, 0.1) is 6.92 Å². The summed E-state index contributed by atoms with van der Waals surface area (Å²) in [6.45, 7) is 8.54. The van der Waals surface area contributed by atoms with Crippen LogP contribution in [0.1, 0.15) is 17.7 Å². The smallest absolute Gasteiger partial charge is 0.137 e. The second kappa shape index (κ2) is 9.01. The Labute approximate surface area is 158 Å². The summed E-state index contributed by atoms with van der Waals surface area (Å²) in [5, 5.41) is 9.35. The Morgan fingerprint density at radius 1 is 1.24 bits per heavy atom. The zero-order chi connectivity index (χ0) is 17.6. The third-order valence-corrected chi connectivity index (χ3v) is 5.03. The summed E-state index contributed by atoms with van der Waals surface area (Å²) in [4.78, 5) is 2.45. The van der Waals surface area contributed by atoms with Crippen LogP contribution in [-0.2, 0) is 11.3 Å². The first-order chi connectivity index (χ1) is 12.1. The van der Waals surface area contributed by atoms with Gasteiger partial charge in [-0.1, -0.05) is 29.3 Å². The van der Waals surface area contributed by atoms with Gasteiger partial charge in [-0.15, -0.1) is 0 Å². The van der Waals surface area contributed by atoms with Crippen LogP contribution in [0.5, 0.6) is 0 Å². The van der Waals surface area contributed by atoms with Gasteiger partial charge in [0.15, 0.2) is 0 Å². The molecule has 1 fully saturated rings. The predicted octanol–water partition coefficient (Wildman–Crippen LogP) is 3.30. The fourth-order valence-corrected chi connectivity index (χ4v) is 3.50. The first-order valence-electron chi connectivity index (χ1n) is 8.66. The van der Waals surface area contributed by atoms with Gasteiger partial charge >= 0.3 is 0 Å². The van der Waals surface area contributed by atoms with E-state index in [1.807, 2.05) is 31.2 Å². The number of nitrogens with zero attached hydrogens (tertiary/aromatic N) is 3. The minimum Gasteiger partial charge on any atom is -0.379 e. The van der Waals surface area contributed by atoms with Gasteiger partial charge in [-0.3, -0.25) is 4.90 Å². The van der Waals surface area contributed by atoms with E-state index < -0.39 is 0 Å². The molecule has 2 heterocycles. The van der Waals surface area contributed by atoms with E-state index in [0.717, 1.165) is 62.8 Å². The Kier molecular flexibility index (Phi) is 6.73. The maximum Gasteiger partial charge on any atom is 0.137 e. The van der Waals surface area contributed by atoms with E-state index in [9.17, 15) is 0 Å². The summed E-state index contributed by atoms with van der Waals surface area (Å²) in [6.07, 6.45) is 1.11. The molecule has 7 heteroatoms. The van der Waals surface area contributed by atoms with Gasteiger partial charge in [0.25, 0.3) is 0 Å². The maximum absolute atomic E-state index is 6.55. The highest BCUT2D eigenvalue weighted by molar-refractivity contribution is 6.31. The summed E-state index contributed by atoms with van der Waals surface area (Å²) < 4.78 is 7.11. The topological polar surface area (TPSA) is 42.3 Å². The van der Waals surface area contributed by atoms with Crippen molar-refractivity contribution < 1.29 is 4.74 Å². The summed E-state index contributed by atoms with van der Waals surface area (Å²) in [5.74, 6) is 0. The molecule has 0 unspecified atom stereocenters. The lowest BCUT2D eigenvalue weighted by Gasteiger charge is -2.26. The molecule has 1 aliphatic heterocycles. The first-order valence-corrected chi connectivity index (χ1v) is 9.41. The van der Waals surface area contributed by atoms with Gasteiger partial charge in [-0.2, -0.15) is 5.10 Å². The summed E-state index contributed by atoms with van der Waals surface area (Å²) in [6, 6.07) is 7.55. The van der Waals surface area contributed by atoms with Crippen molar-refractivity contribution in [2.24, 2.45) is 0 Å². The highest BCUT2D eigenvalue weighted by atomic mass is 35.5. The van der Waals surface area contributed by atoms with Crippen molar-refractivity contribution in [3.63, 3.8) is 0 Å². The van der Waals surface area contributed by atoms with Gasteiger partial charge in [-0.05, 0) is 44.6 Å². The molecular formula is C18H24Cl2N4O. The van der Waals surface area contributed by atoms with Gasteiger partial charge in [0.1, 0.15) is 5.15 Å². The van der Waals surface area contributed by atoms with Crippen molar-refractivity contribution >= 4 is 23.2 Å². The number of aromatic nitrogens is 2. The highest BCUT2D eigenvalue weighted by Gasteiger charge is 2.15. The van der Waals surface area contributed by atoms with Gasteiger partial charge in [0.2, 0.25) is 0 Å². The Morgan fingerprint density at radius 2 is 2.04 bits per heavy atom. The SMILES string of the molecule is Cc1nn(-c2cccc(Cl)c2)c(Cl)c1CNCCCN1CCOCC1. The minimum atomic E-state index is 0.639. The molecule has 25 heavy (non-hydrogen) atoms. The van der Waals surface area contributed by atoms with E-state index in [2.05, 4.69) is 15.3 Å². The Balaban J connectivity index is 1.52. The van der Waals surface area contributed by atoms with Gasteiger partial charge in [0, 0.05) is 30.2 Å². The molecule has 0 radical (unpaired) electrons. The third-order valence-electron chi connectivity index (χ3n) is 4.41. The minimum absolute atomic E-state index is 0.639. The molecule has 0 saturated carbocycles. The monoisotopic (exact) mass is 382 g/mol. The predicted molar refractivity (Wildman–Crippen MR) is 102 cm³/mol. The maximum atomic E-state index is 6.55. The van der Waals surface area contributed by atoms with Gasteiger partial charge in [-0.25, -0.2) is 4.68 Å². The van der Waals surface area contributed by atoms with Crippen LogP contribution in [0.4, 0.5) is 0 Å². The second-order valence-electron chi connectivity index (χ2n) is 6.23. The Bertz CT molecular complexity index is 698. The quantitative estimate of drug-likeness (QED) is 0.745. The van der Waals surface area contributed by atoms with E-state index >= 15 is 0 Å². The summed E-state index contributed by atoms with van der Waals surface area (Å²) >= 11 is 12.6. The van der Waals surface area contributed by atoms with E-state index in [1.54, 1.807) is 4.68 Å². The van der Waals surface area contributed by atoms with Crippen molar-refractivity contribution in [1.82, 2.24) is 20.0 Å². The van der Waals surface area contributed by atoms with Gasteiger partial charge in [0.05, 0.1) is 24.6 Å². The van der Waals surface area contributed by atoms with E-state index in [0.29, 0.717) is 16.7 Å². The molecule has 1 aromatic heterocycles. The average molecular weight is 383 g/mol. The number of benzene rings is 1. The van der Waals surface area contributed by atoms with Crippen LogP contribution in [-0.4, -0.2) is 54.1 Å². The number of hydrogen-bond acceptors (Lipinski definition) is 4. The van der Waals surface area contributed by atoms with E-state index in [-0.39, 0.29) is 0 Å². The molecule has 2 aromatic rings. The van der Waals surface area contributed by atoms with E-state index in [1.165, 1.54) is 0 Å². The lowest BCUT2D eigenvalue weighted by atomic mass is 10.2. The highest BCUT2D eigenvalue weighted by Crippen LogP contribution is 2.24. The van der Waals surface area contributed by atoms with Crippen LogP contribution < -0.4 is 5.32 Å². The van der Waals surface area contributed by atoms with Crippen molar-refractivity contribution in [2.45, 2.75) is 19.9 Å². The molecule has 1 aliphatic rings. The van der Waals surface area contributed by atoms with E-state index in [4.69, 9.17) is 27.9 Å². The zero-order valence-corrected chi connectivity index (χ0v) is 16.0. The van der Waals surface area contributed by atoms with Gasteiger partial charge < -0.3 is 10.1 Å². The number of ether oxygens (including phenoxy) is 1. The molecule has 0 bridgehead atoms. The number of nitrogens with one attached hydrogen (secondary N) is 1. The molecular weight excluding hydrogens is 359 g/mol. The van der Waals surface area contributed by atoms with Crippen molar-refractivity contribution in [3.05, 3.63) is 45.7 Å². The molecule has 5 nitrogen and oxygen atoms in total. The number of halogens is 2. The fourth-order valence-electron chi connectivity index (χ4n) is 2.98. The summed E-state index contributed by atoms with van der Waals surface area (Å²) in [5.41, 5.74) is 2.85. The second-order valence-corrected chi connectivity index (χ2v) is 7.03. The van der Waals surface area contributed by atoms with Crippen molar-refractivity contribution in [3.8, 4) is 5.69 Å². The Morgan fingerprint density at radius 3 is 2.80 bits per heavy atom. The Hall–Kier alpha value is -1.11. The summed E-state index contributed by atoms with van der Waals surface area (Å²) in [7, 11) is 0. The molecule has 1 N–H and O–H groups in total. The molecule has 0 amide bonds. The first kappa shape index (κ1) is 18.7. The number of morpholine rings is 1. The normalized spacial score (nSPS) is 15.6. The molecule has 0 aliphatic carbocycles. The van der Waals surface area contributed by atoms with Crippen LogP contribution in [0.2, 0.25) is 10.2 Å². The average Bonchev–Trinajstić information content (AvgIpc) is 2.90. The molecule has 0 spiro atoms. The standard InChI is InChI=1S/C18H24Cl2N4O/c1-14-17(13-21-6-3-7-23-8-10-25-11-9-23)18(20)24(22-14)16-5-2-4-15(19)12-16/h2,4-5,12,21H,3,6-11,13H2,1H3. The molecule has 1 aromatic carbocycles. The third kappa shape index (κ3) is 4.96. The molecule has 3 rings (SSSR count). The van der Waals surface area contributed by atoms with Crippen molar-refractivity contribution in [2.75, 3.05) is 39.4 Å². The van der Waals surface area contributed by atoms with Crippen LogP contribution >= 0.6 is 23.2 Å². The lowest BCUT2D eigenvalue weighted by Crippen LogP contribution is -2.37. The largest absolute Gasteiger partial charge is 0.379 e. The fraction of sp³-hybridized carbons (Fsp3) is 0.500. The molecule has 136 valence electrons. The molecule has 1 saturated heterocycles. The molecule has 0 atom stereocenters.